The number of hydrogen-bond acceptors (Lipinski definition) is 7. The second-order valence-electron chi connectivity index (χ2n) is 11.4. The fourth-order valence-corrected chi connectivity index (χ4v) is 6.22. The van der Waals surface area contributed by atoms with Crippen molar-refractivity contribution in [3.63, 3.8) is 0 Å². The fraction of sp³-hybridized carbons (Fsp3) is 0.333. The van der Waals surface area contributed by atoms with Gasteiger partial charge in [0.25, 0.3) is 0 Å². The molecule has 1 aliphatic carbocycles. The highest BCUT2D eigenvalue weighted by Gasteiger charge is 2.27. The molecular formula is C33H36N8O. The first-order valence-electron chi connectivity index (χ1n) is 14.6. The van der Waals surface area contributed by atoms with Gasteiger partial charge < -0.3 is 14.5 Å². The van der Waals surface area contributed by atoms with Crippen LogP contribution in [-0.4, -0.2) is 74.8 Å². The third kappa shape index (κ3) is 4.83. The topological polar surface area (TPSA) is 77.1 Å². The molecule has 0 spiro atoms. The molecule has 0 saturated carbocycles. The number of methoxy groups -OCH3 is 1. The number of ether oxygens (including phenoxy) is 1. The molecule has 0 atom stereocenters. The normalized spacial score (nSPS) is 15.0. The Morgan fingerprint density at radius 2 is 1.64 bits per heavy atom. The number of aromatic nitrogens is 6. The van der Waals surface area contributed by atoms with Crippen LogP contribution < -0.4 is 9.64 Å². The van der Waals surface area contributed by atoms with Gasteiger partial charge in [-0.15, -0.1) is 0 Å². The summed E-state index contributed by atoms with van der Waals surface area (Å²) in [4.78, 5) is 14.8. The highest BCUT2D eigenvalue weighted by Crippen LogP contribution is 2.40. The van der Waals surface area contributed by atoms with Crippen LogP contribution in [0.25, 0.3) is 33.6 Å². The third-order valence-electron chi connectivity index (χ3n) is 8.59. The van der Waals surface area contributed by atoms with Crippen LogP contribution >= 0.6 is 0 Å². The van der Waals surface area contributed by atoms with E-state index in [2.05, 4.69) is 64.4 Å². The molecule has 2 aromatic carbocycles. The first-order chi connectivity index (χ1) is 20.5. The molecule has 0 N–H and O–H groups in total. The Labute approximate surface area is 246 Å². The first kappa shape index (κ1) is 26.4. The van der Waals surface area contributed by atoms with Crippen LogP contribution in [0.5, 0.6) is 5.75 Å². The van der Waals surface area contributed by atoms with Crippen LogP contribution in [0.1, 0.15) is 22.6 Å². The summed E-state index contributed by atoms with van der Waals surface area (Å²) in [7, 11) is 7.88. The molecule has 3 aromatic heterocycles. The molecule has 214 valence electrons. The zero-order valence-electron chi connectivity index (χ0n) is 24.7. The van der Waals surface area contributed by atoms with E-state index in [9.17, 15) is 0 Å². The standard InChI is InChI=1S/C33H36N8O/c1-38-13-15-41(16-14-38)27-11-9-24(29(18-27)42-4)17-30-34-19-25-10-12-28-31(32(25)36-30)33(40(3)37-28)23-7-5-22(6-8-23)26-20-35-39(2)21-26/h5-9,11,18-21H,10,12-17H2,1-4H3. The monoisotopic (exact) mass is 560 g/mol. The molecule has 0 bridgehead atoms. The van der Waals surface area contributed by atoms with Crippen molar-refractivity contribution in [1.29, 1.82) is 0 Å². The van der Waals surface area contributed by atoms with Gasteiger partial charge in [0.1, 0.15) is 11.6 Å². The molecule has 0 unspecified atom stereocenters. The van der Waals surface area contributed by atoms with Crippen LogP contribution in [0.4, 0.5) is 5.69 Å². The van der Waals surface area contributed by atoms with Gasteiger partial charge in [0.2, 0.25) is 0 Å². The SMILES string of the molecule is COc1cc(N2CCN(C)CC2)ccc1Cc1ncc2c(n1)-c1c(nn(C)c1-c1ccc(-c3cnn(C)c3)cc1)CC2. The average Bonchev–Trinajstić information content (AvgIpc) is 3.60. The minimum atomic E-state index is 0.601. The molecule has 1 saturated heterocycles. The second kappa shape index (κ2) is 10.7. The molecule has 9 heteroatoms. The van der Waals surface area contributed by atoms with Crippen molar-refractivity contribution in [2.24, 2.45) is 14.1 Å². The van der Waals surface area contributed by atoms with Crippen molar-refractivity contribution in [2.45, 2.75) is 19.3 Å². The number of piperazine rings is 1. The van der Waals surface area contributed by atoms with Gasteiger partial charge in [-0.05, 0) is 37.1 Å². The van der Waals surface area contributed by atoms with E-state index in [0.717, 1.165) is 95.5 Å². The van der Waals surface area contributed by atoms with Crippen molar-refractivity contribution < 1.29 is 4.74 Å². The Kier molecular flexibility index (Phi) is 6.74. The van der Waals surface area contributed by atoms with Gasteiger partial charge in [0.15, 0.2) is 0 Å². The van der Waals surface area contributed by atoms with Gasteiger partial charge in [0.05, 0.1) is 30.4 Å². The molecule has 7 rings (SSSR count). The maximum Gasteiger partial charge on any atom is 0.133 e. The molecule has 9 nitrogen and oxygen atoms in total. The van der Waals surface area contributed by atoms with E-state index in [1.807, 2.05) is 42.0 Å². The summed E-state index contributed by atoms with van der Waals surface area (Å²) in [5.74, 6) is 1.66. The molecule has 5 aromatic rings. The van der Waals surface area contributed by atoms with E-state index >= 15 is 0 Å². The molecule has 1 fully saturated rings. The van der Waals surface area contributed by atoms with Crippen LogP contribution in [0, 0.1) is 0 Å². The molecule has 42 heavy (non-hydrogen) atoms. The number of benzene rings is 2. The van der Waals surface area contributed by atoms with Crippen molar-refractivity contribution in [3.05, 3.63) is 83.7 Å². The predicted molar refractivity (Wildman–Crippen MR) is 165 cm³/mol. The van der Waals surface area contributed by atoms with Crippen LogP contribution in [0.3, 0.4) is 0 Å². The number of rotatable bonds is 6. The molecule has 2 aliphatic rings. The van der Waals surface area contributed by atoms with Crippen molar-refractivity contribution in [3.8, 4) is 39.4 Å². The quantitative estimate of drug-likeness (QED) is 0.305. The highest BCUT2D eigenvalue weighted by atomic mass is 16.5. The summed E-state index contributed by atoms with van der Waals surface area (Å²) >= 11 is 0. The minimum absolute atomic E-state index is 0.601. The highest BCUT2D eigenvalue weighted by molar-refractivity contribution is 5.84. The van der Waals surface area contributed by atoms with Gasteiger partial charge >= 0.3 is 0 Å². The summed E-state index contributed by atoms with van der Waals surface area (Å²) < 4.78 is 9.68. The summed E-state index contributed by atoms with van der Waals surface area (Å²) in [6, 6.07) is 15.2. The predicted octanol–water partition coefficient (Wildman–Crippen LogP) is 4.39. The lowest BCUT2D eigenvalue weighted by Crippen LogP contribution is -2.44. The van der Waals surface area contributed by atoms with Crippen molar-refractivity contribution in [1.82, 2.24) is 34.4 Å². The van der Waals surface area contributed by atoms with Crippen LogP contribution in [0.2, 0.25) is 0 Å². The zero-order valence-corrected chi connectivity index (χ0v) is 24.7. The summed E-state index contributed by atoms with van der Waals surface area (Å²) in [5, 5.41) is 9.24. The van der Waals surface area contributed by atoms with E-state index in [1.165, 1.54) is 11.3 Å². The average molecular weight is 561 g/mol. The van der Waals surface area contributed by atoms with Crippen molar-refractivity contribution in [2.75, 3.05) is 45.2 Å². The largest absolute Gasteiger partial charge is 0.496 e. The number of hydrogen-bond donors (Lipinski definition) is 0. The summed E-state index contributed by atoms with van der Waals surface area (Å²) in [6.45, 7) is 4.18. The smallest absolute Gasteiger partial charge is 0.133 e. The van der Waals surface area contributed by atoms with Gasteiger partial charge in [0, 0.05) is 93.1 Å². The summed E-state index contributed by atoms with van der Waals surface area (Å²) in [6.07, 6.45) is 8.31. The molecule has 4 heterocycles. The summed E-state index contributed by atoms with van der Waals surface area (Å²) in [5.41, 5.74) is 11.1. The Balaban J connectivity index is 1.20. The van der Waals surface area contributed by atoms with E-state index in [-0.39, 0.29) is 0 Å². The lowest BCUT2D eigenvalue weighted by Gasteiger charge is -2.34. The maximum absolute atomic E-state index is 5.85. The number of likely N-dealkylation sites (N-methyl/N-ethyl adjacent to an activating group) is 1. The van der Waals surface area contributed by atoms with E-state index in [4.69, 9.17) is 19.8 Å². The maximum atomic E-state index is 5.85. The van der Waals surface area contributed by atoms with E-state index in [1.54, 1.807) is 7.11 Å². The molecule has 0 radical (unpaired) electrons. The lowest BCUT2D eigenvalue weighted by molar-refractivity contribution is 0.312. The number of aryl methyl sites for hydroxylation is 4. The fourth-order valence-electron chi connectivity index (χ4n) is 6.22. The minimum Gasteiger partial charge on any atom is -0.496 e. The molecule has 0 amide bonds. The van der Waals surface area contributed by atoms with E-state index in [0.29, 0.717) is 6.42 Å². The second-order valence-corrected chi connectivity index (χ2v) is 11.4. The van der Waals surface area contributed by atoms with Gasteiger partial charge in [-0.3, -0.25) is 9.36 Å². The molecule has 1 aliphatic heterocycles. The Morgan fingerprint density at radius 1 is 0.857 bits per heavy atom. The Morgan fingerprint density at radius 3 is 2.38 bits per heavy atom. The molecular weight excluding hydrogens is 524 g/mol. The Hall–Kier alpha value is -4.50. The third-order valence-corrected chi connectivity index (χ3v) is 8.59. The van der Waals surface area contributed by atoms with Gasteiger partial charge in [-0.25, -0.2) is 9.97 Å². The number of fused-ring (bicyclic) bond motifs is 3. The first-order valence-corrected chi connectivity index (χ1v) is 14.6. The lowest BCUT2D eigenvalue weighted by atomic mass is 9.91. The van der Waals surface area contributed by atoms with Crippen LogP contribution in [-0.2, 0) is 33.4 Å². The van der Waals surface area contributed by atoms with Crippen LogP contribution in [0.15, 0.2) is 61.1 Å². The zero-order chi connectivity index (χ0) is 28.8. The number of anilines is 1. The van der Waals surface area contributed by atoms with Crippen molar-refractivity contribution >= 4 is 5.69 Å². The van der Waals surface area contributed by atoms with E-state index < -0.39 is 0 Å². The van der Waals surface area contributed by atoms with Gasteiger partial charge in [-0.2, -0.15) is 10.2 Å². The van der Waals surface area contributed by atoms with Gasteiger partial charge in [-0.1, -0.05) is 30.3 Å². The Bertz CT molecular complexity index is 1740. The number of nitrogens with zero attached hydrogens (tertiary/aromatic N) is 8.